The molecular formula is C16H22ClNO3. The van der Waals surface area contributed by atoms with Gasteiger partial charge in [-0.15, -0.1) is 0 Å². The fourth-order valence-corrected chi connectivity index (χ4v) is 2.66. The first-order valence-corrected chi connectivity index (χ1v) is 7.84. The van der Waals surface area contributed by atoms with Crippen LogP contribution in [0.5, 0.6) is 5.75 Å². The molecule has 116 valence electrons. The summed E-state index contributed by atoms with van der Waals surface area (Å²) in [6.45, 7) is 5.51. The number of ether oxygens (including phenoxy) is 2. The molecule has 21 heavy (non-hydrogen) atoms. The Balaban J connectivity index is 1.72. The van der Waals surface area contributed by atoms with Gasteiger partial charge in [-0.2, -0.15) is 0 Å². The molecule has 1 aliphatic heterocycles. The number of piperidine rings is 1. The summed E-state index contributed by atoms with van der Waals surface area (Å²) < 4.78 is 10.8. The number of esters is 1. The number of hydrogen-bond acceptors (Lipinski definition) is 4. The van der Waals surface area contributed by atoms with E-state index >= 15 is 0 Å². The standard InChI is InChI=1S/C16H22ClNO3/c1-2-20-16(19)13-4-3-9-18(12-13)10-11-21-15-7-5-14(17)6-8-15/h5-8,13H,2-4,9-12H2,1H3. The topological polar surface area (TPSA) is 38.8 Å². The number of rotatable bonds is 6. The molecule has 0 spiro atoms. The quantitative estimate of drug-likeness (QED) is 0.757. The lowest BCUT2D eigenvalue weighted by molar-refractivity contribution is -0.150. The maximum Gasteiger partial charge on any atom is 0.310 e. The van der Waals surface area contributed by atoms with Crippen molar-refractivity contribution in [2.75, 3.05) is 32.8 Å². The minimum Gasteiger partial charge on any atom is -0.492 e. The first-order valence-electron chi connectivity index (χ1n) is 7.46. The molecule has 1 aromatic carbocycles. The van der Waals surface area contributed by atoms with Crippen LogP contribution in [0.3, 0.4) is 0 Å². The van der Waals surface area contributed by atoms with Crippen molar-refractivity contribution in [2.24, 2.45) is 5.92 Å². The SMILES string of the molecule is CCOC(=O)C1CCCN(CCOc2ccc(Cl)cc2)C1. The summed E-state index contributed by atoms with van der Waals surface area (Å²) in [6.07, 6.45) is 1.96. The average molecular weight is 312 g/mol. The van der Waals surface area contributed by atoms with E-state index in [2.05, 4.69) is 4.90 Å². The molecule has 2 rings (SSSR count). The Bertz CT molecular complexity index is 449. The third kappa shape index (κ3) is 5.21. The number of benzene rings is 1. The molecule has 1 aromatic rings. The second-order valence-electron chi connectivity index (χ2n) is 5.19. The minimum atomic E-state index is -0.0687. The molecule has 5 heteroatoms. The Kier molecular flexibility index (Phi) is 6.33. The minimum absolute atomic E-state index is 0.00855. The van der Waals surface area contributed by atoms with E-state index in [4.69, 9.17) is 21.1 Å². The number of nitrogens with zero attached hydrogens (tertiary/aromatic N) is 1. The van der Waals surface area contributed by atoms with Crippen molar-refractivity contribution < 1.29 is 14.3 Å². The molecule has 1 fully saturated rings. The van der Waals surface area contributed by atoms with Gasteiger partial charge in [0.15, 0.2) is 0 Å². The predicted octanol–water partition coefficient (Wildman–Crippen LogP) is 2.99. The molecule has 0 N–H and O–H groups in total. The van der Waals surface area contributed by atoms with Gasteiger partial charge in [0.1, 0.15) is 12.4 Å². The maximum absolute atomic E-state index is 11.8. The van der Waals surface area contributed by atoms with Crippen molar-refractivity contribution in [1.82, 2.24) is 4.90 Å². The highest BCUT2D eigenvalue weighted by molar-refractivity contribution is 6.30. The summed E-state index contributed by atoms with van der Waals surface area (Å²) in [6, 6.07) is 7.35. The van der Waals surface area contributed by atoms with Crippen LogP contribution in [-0.2, 0) is 9.53 Å². The molecule has 1 aliphatic rings. The van der Waals surface area contributed by atoms with Crippen LogP contribution in [0.25, 0.3) is 0 Å². The fourth-order valence-electron chi connectivity index (χ4n) is 2.53. The molecule has 4 nitrogen and oxygen atoms in total. The average Bonchev–Trinajstić information content (AvgIpc) is 2.50. The van der Waals surface area contributed by atoms with Gasteiger partial charge in [0.25, 0.3) is 0 Å². The number of hydrogen-bond donors (Lipinski definition) is 0. The van der Waals surface area contributed by atoms with Crippen molar-refractivity contribution in [2.45, 2.75) is 19.8 Å². The number of carbonyl (C=O) groups is 1. The molecule has 1 atom stereocenters. The predicted molar refractivity (Wildman–Crippen MR) is 82.7 cm³/mol. The summed E-state index contributed by atoms with van der Waals surface area (Å²) in [5, 5.41) is 0.704. The summed E-state index contributed by atoms with van der Waals surface area (Å²) in [5.41, 5.74) is 0. The van der Waals surface area contributed by atoms with Crippen LogP contribution in [-0.4, -0.2) is 43.7 Å². The molecule has 1 heterocycles. The maximum atomic E-state index is 11.8. The molecule has 0 aromatic heterocycles. The Labute approximate surface area is 131 Å². The Morgan fingerprint density at radius 3 is 2.86 bits per heavy atom. The van der Waals surface area contributed by atoms with Gasteiger partial charge >= 0.3 is 5.97 Å². The smallest absolute Gasteiger partial charge is 0.310 e. The van der Waals surface area contributed by atoms with E-state index in [-0.39, 0.29) is 11.9 Å². The van der Waals surface area contributed by atoms with Gasteiger partial charge in [-0.25, -0.2) is 0 Å². The lowest BCUT2D eigenvalue weighted by atomic mass is 9.98. The molecular weight excluding hydrogens is 290 g/mol. The van der Waals surface area contributed by atoms with Gasteiger partial charge in [0, 0.05) is 18.1 Å². The zero-order valence-electron chi connectivity index (χ0n) is 12.4. The van der Waals surface area contributed by atoms with Crippen LogP contribution in [0.15, 0.2) is 24.3 Å². The van der Waals surface area contributed by atoms with E-state index in [0.29, 0.717) is 18.2 Å². The first-order chi connectivity index (χ1) is 10.2. The third-order valence-electron chi connectivity index (χ3n) is 3.62. The van der Waals surface area contributed by atoms with E-state index in [1.165, 1.54) is 0 Å². The van der Waals surface area contributed by atoms with Gasteiger partial charge in [-0.3, -0.25) is 9.69 Å². The van der Waals surface area contributed by atoms with Crippen molar-refractivity contribution >= 4 is 17.6 Å². The summed E-state index contributed by atoms with van der Waals surface area (Å²) in [5.74, 6) is 0.758. The van der Waals surface area contributed by atoms with Crippen LogP contribution in [0.4, 0.5) is 0 Å². The van der Waals surface area contributed by atoms with E-state index in [1.54, 1.807) is 0 Å². The first kappa shape index (κ1) is 16.1. The number of carbonyl (C=O) groups excluding carboxylic acids is 1. The van der Waals surface area contributed by atoms with Crippen molar-refractivity contribution in [1.29, 1.82) is 0 Å². The highest BCUT2D eigenvalue weighted by Crippen LogP contribution is 2.18. The van der Waals surface area contributed by atoms with E-state index in [0.717, 1.165) is 38.2 Å². The van der Waals surface area contributed by atoms with Gasteiger partial charge in [0.05, 0.1) is 12.5 Å². The van der Waals surface area contributed by atoms with Crippen LogP contribution in [0, 0.1) is 5.92 Å². The van der Waals surface area contributed by atoms with Crippen molar-refractivity contribution in [3.63, 3.8) is 0 Å². The summed E-state index contributed by atoms with van der Waals surface area (Å²) >= 11 is 5.83. The van der Waals surface area contributed by atoms with Crippen LogP contribution < -0.4 is 4.74 Å². The Morgan fingerprint density at radius 2 is 2.14 bits per heavy atom. The molecule has 0 saturated carbocycles. The number of halogens is 1. The van der Waals surface area contributed by atoms with Crippen molar-refractivity contribution in [3.8, 4) is 5.75 Å². The van der Waals surface area contributed by atoms with Crippen LogP contribution in [0.2, 0.25) is 5.02 Å². The largest absolute Gasteiger partial charge is 0.492 e. The van der Waals surface area contributed by atoms with E-state index < -0.39 is 0 Å². The lowest BCUT2D eigenvalue weighted by Gasteiger charge is -2.31. The molecule has 1 saturated heterocycles. The highest BCUT2D eigenvalue weighted by Gasteiger charge is 2.26. The zero-order valence-corrected chi connectivity index (χ0v) is 13.1. The highest BCUT2D eigenvalue weighted by atomic mass is 35.5. The normalized spacial score (nSPS) is 19.2. The van der Waals surface area contributed by atoms with Gasteiger partial charge in [-0.1, -0.05) is 11.6 Å². The van der Waals surface area contributed by atoms with Crippen LogP contribution in [0.1, 0.15) is 19.8 Å². The number of likely N-dealkylation sites (tertiary alicyclic amines) is 1. The second kappa shape index (κ2) is 8.25. The summed E-state index contributed by atoms with van der Waals surface area (Å²) in [4.78, 5) is 14.0. The van der Waals surface area contributed by atoms with E-state index in [9.17, 15) is 4.79 Å². The van der Waals surface area contributed by atoms with E-state index in [1.807, 2.05) is 31.2 Å². The molecule has 0 bridgehead atoms. The molecule has 1 unspecified atom stereocenters. The Hall–Kier alpha value is -1.26. The van der Waals surface area contributed by atoms with Crippen LogP contribution >= 0.6 is 11.6 Å². The van der Waals surface area contributed by atoms with Gasteiger partial charge < -0.3 is 9.47 Å². The monoisotopic (exact) mass is 311 g/mol. The van der Waals surface area contributed by atoms with Gasteiger partial charge in [0.2, 0.25) is 0 Å². The van der Waals surface area contributed by atoms with Crippen molar-refractivity contribution in [3.05, 3.63) is 29.3 Å². The fraction of sp³-hybridized carbons (Fsp3) is 0.562. The lowest BCUT2D eigenvalue weighted by Crippen LogP contribution is -2.41. The molecule has 0 aliphatic carbocycles. The van der Waals surface area contributed by atoms with Gasteiger partial charge in [-0.05, 0) is 50.6 Å². The Morgan fingerprint density at radius 1 is 1.38 bits per heavy atom. The molecule has 0 amide bonds. The summed E-state index contributed by atoms with van der Waals surface area (Å²) in [7, 11) is 0. The second-order valence-corrected chi connectivity index (χ2v) is 5.63. The zero-order chi connectivity index (χ0) is 15.1. The molecule has 0 radical (unpaired) electrons. The third-order valence-corrected chi connectivity index (χ3v) is 3.87.